The van der Waals surface area contributed by atoms with Gasteiger partial charge in [0.2, 0.25) is 0 Å². The average molecular weight is 329 g/mol. The lowest BCUT2D eigenvalue weighted by Crippen LogP contribution is -2.13. The van der Waals surface area contributed by atoms with E-state index in [1.807, 2.05) is 0 Å². The van der Waals surface area contributed by atoms with Gasteiger partial charge in [-0.15, -0.1) is 0 Å². The molecule has 0 bridgehead atoms. The van der Waals surface area contributed by atoms with Gasteiger partial charge in [-0.05, 0) is 115 Å². The van der Waals surface area contributed by atoms with Crippen molar-refractivity contribution in [2.24, 2.45) is 23.7 Å². The van der Waals surface area contributed by atoms with Crippen molar-refractivity contribution < 1.29 is 0 Å². The molecule has 0 aromatic rings. The maximum atomic E-state index is 2.56. The third-order valence-corrected chi connectivity index (χ3v) is 6.37. The van der Waals surface area contributed by atoms with Gasteiger partial charge in [-0.1, -0.05) is 36.5 Å². The van der Waals surface area contributed by atoms with Crippen molar-refractivity contribution in [2.75, 3.05) is 0 Å². The molecule has 0 heterocycles. The van der Waals surface area contributed by atoms with Gasteiger partial charge in [0.15, 0.2) is 0 Å². The van der Waals surface area contributed by atoms with Crippen LogP contribution in [0.25, 0.3) is 0 Å². The molecule has 2 aliphatic rings. The van der Waals surface area contributed by atoms with Crippen LogP contribution < -0.4 is 0 Å². The second-order valence-electron chi connectivity index (χ2n) is 8.24. The molecular formula is C24H40. The molecule has 0 aliphatic heterocycles. The minimum atomic E-state index is 0.879. The molecule has 136 valence electrons. The monoisotopic (exact) mass is 328 g/mol. The molecule has 24 heavy (non-hydrogen) atoms. The third-order valence-electron chi connectivity index (χ3n) is 6.37. The molecule has 0 aromatic carbocycles. The molecular weight excluding hydrogens is 288 g/mol. The molecule has 2 aliphatic carbocycles. The molecule has 0 aromatic heterocycles. The van der Waals surface area contributed by atoms with E-state index in [4.69, 9.17) is 0 Å². The van der Waals surface area contributed by atoms with Crippen LogP contribution in [0.5, 0.6) is 0 Å². The topological polar surface area (TPSA) is 0 Å². The molecule has 0 radical (unpaired) electrons. The third kappa shape index (κ3) is 7.41. The first-order valence-corrected chi connectivity index (χ1v) is 10.7. The zero-order valence-electron chi connectivity index (χ0n) is 16.3. The van der Waals surface area contributed by atoms with Crippen molar-refractivity contribution in [3.8, 4) is 0 Å². The summed E-state index contributed by atoms with van der Waals surface area (Å²) in [4.78, 5) is 0. The SMILES string of the molecule is C/C=C/CCC1CCC(/C=C/CCC2CCC(/C=C/C)CC2)CC1. The highest BCUT2D eigenvalue weighted by molar-refractivity contribution is 4.93. The van der Waals surface area contributed by atoms with Gasteiger partial charge in [-0.2, -0.15) is 0 Å². The summed E-state index contributed by atoms with van der Waals surface area (Å²) >= 11 is 0. The Morgan fingerprint density at radius 1 is 0.583 bits per heavy atom. The van der Waals surface area contributed by atoms with Gasteiger partial charge in [0, 0.05) is 0 Å². The predicted octanol–water partition coefficient (Wildman–Crippen LogP) is 7.87. The van der Waals surface area contributed by atoms with Crippen LogP contribution in [0.1, 0.15) is 90.9 Å². The Balaban J connectivity index is 1.54. The molecule has 0 amide bonds. The van der Waals surface area contributed by atoms with Crippen LogP contribution in [0.15, 0.2) is 36.5 Å². The van der Waals surface area contributed by atoms with Gasteiger partial charge in [0.05, 0.1) is 0 Å². The number of hydrogen-bond donors (Lipinski definition) is 0. The Morgan fingerprint density at radius 2 is 1.08 bits per heavy atom. The van der Waals surface area contributed by atoms with Gasteiger partial charge >= 0.3 is 0 Å². The van der Waals surface area contributed by atoms with E-state index in [1.165, 1.54) is 77.0 Å². The smallest absolute Gasteiger partial charge is 0.0233 e. The summed E-state index contributed by atoms with van der Waals surface area (Å²) in [6.45, 7) is 4.29. The molecule has 0 spiro atoms. The Hall–Kier alpha value is -0.780. The van der Waals surface area contributed by atoms with Crippen LogP contribution in [0.2, 0.25) is 0 Å². The summed E-state index contributed by atoms with van der Waals surface area (Å²) in [6.07, 6.45) is 31.3. The van der Waals surface area contributed by atoms with E-state index in [9.17, 15) is 0 Å². The molecule has 0 N–H and O–H groups in total. The molecule has 0 unspecified atom stereocenters. The Bertz CT molecular complexity index is 384. The van der Waals surface area contributed by atoms with Crippen molar-refractivity contribution in [2.45, 2.75) is 90.9 Å². The largest absolute Gasteiger partial charge is 0.0917 e. The molecule has 0 heteroatoms. The van der Waals surface area contributed by atoms with E-state index in [1.54, 1.807) is 0 Å². The van der Waals surface area contributed by atoms with Gasteiger partial charge in [0.25, 0.3) is 0 Å². The van der Waals surface area contributed by atoms with Crippen LogP contribution >= 0.6 is 0 Å². The van der Waals surface area contributed by atoms with Crippen molar-refractivity contribution in [1.29, 1.82) is 0 Å². The molecule has 2 saturated carbocycles. The van der Waals surface area contributed by atoms with E-state index in [-0.39, 0.29) is 0 Å². The van der Waals surface area contributed by atoms with E-state index >= 15 is 0 Å². The molecule has 2 fully saturated rings. The van der Waals surface area contributed by atoms with Crippen molar-refractivity contribution >= 4 is 0 Å². The molecule has 2 rings (SSSR count). The fourth-order valence-electron chi connectivity index (χ4n) is 4.73. The molecule has 0 atom stereocenters. The van der Waals surface area contributed by atoms with Crippen LogP contribution in [0.4, 0.5) is 0 Å². The van der Waals surface area contributed by atoms with Gasteiger partial charge in [-0.3, -0.25) is 0 Å². The van der Waals surface area contributed by atoms with Crippen LogP contribution in [-0.4, -0.2) is 0 Å². The van der Waals surface area contributed by atoms with Crippen molar-refractivity contribution in [3.05, 3.63) is 36.5 Å². The molecule has 0 nitrogen and oxygen atoms in total. The highest BCUT2D eigenvalue weighted by Gasteiger charge is 2.20. The van der Waals surface area contributed by atoms with E-state index in [2.05, 4.69) is 50.3 Å². The van der Waals surface area contributed by atoms with Crippen molar-refractivity contribution in [1.82, 2.24) is 0 Å². The minimum Gasteiger partial charge on any atom is -0.0917 e. The van der Waals surface area contributed by atoms with Crippen molar-refractivity contribution in [3.63, 3.8) is 0 Å². The first-order chi connectivity index (χ1) is 11.8. The van der Waals surface area contributed by atoms with Crippen LogP contribution in [0, 0.1) is 23.7 Å². The average Bonchev–Trinajstić information content (AvgIpc) is 2.62. The summed E-state index contributed by atoms with van der Waals surface area (Å²) in [6, 6.07) is 0. The quantitative estimate of drug-likeness (QED) is 0.398. The summed E-state index contributed by atoms with van der Waals surface area (Å²) in [5, 5.41) is 0. The summed E-state index contributed by atoms with van der Waals surface area (Å²) in [5.41, 5.74) is 0. The fourth-order valence-corrected chi connectivity index (χ4v) is 4.73. The number of hydrogen-bond acceptors (Lipinski definition) is 0. The standard InChI is InChI=1S/C24H40/c1-3-5-6-10-22-17-19-24(20-18-22)12-8-7-11-23-15-13-21(9-4-2)14-16-23/h3-5,8-9,12,21-24H,6-7,10-11,13-20H2,1-2H3/b5-3+,9-4+,12-8+. The Labute approximate surface area is 151 Å². The van der Waals surface area contributed by atoms with E-state index < -0.39 is 0 Å². The maximum Gasteiger partial charge on any atom is -0.0233 e. The zero-order valence-corrected chi connectivity index (χ0v) is 16.3. The molecule has 0 saturated heterocycles. The summed E-state index contributed by atoms with van der Waals surface area (Å²) in [7, 11) is 0. The lowest BCUT2D eigenvalue weighted by Gasteiger charge is -2.27. The Morgan fingerprint density at radius 3 is 1.58 bits per heavy atom. The second-order valence-corrected chi connectivity index (χ2v) is 8.24. The van der Waals surface area contributed by atoms with Crippen LogP contribution in [-0.2, 0) is 0 Å². The normalized spacial score (nSPS) is 32.2. The van der Waals surface area contributed by atoms with Gasteiger partial charge < -0.3 is 0 Å². The summed E-state index contributed by atoms with van der Waals surface area (Å²) < 4.78 is 0. The van der Waals surface area contributed by atoms with E-state index in [0.717, 1.165) is 23.7 Å². The number of allylic oxidation sites excluding steroid dienone is 6. The first-order valence-electron chi connectivity index (χ1n) is 10.7. The highest BCUT2D eigenvalue weighted by Crippen LogP contribution is 2.34. The zero-order chi connectivity index (χ0) is 17.0. The minimum absolute atomic E-state index is 0.879. The summed E-state index contributed by atoms with van der Waals surface area (Å²) in [5.74, 6) is 3.76. The fraction of sp³-hybridized carbons (Fsp3) is 0.750. The lowest BCUT2D eigenvalue weighted by atomic mass is 9.79. The Kier molecular flexibility index (Phi) is 9.54. The van der Waals surface area contributed by atoms with E-state index in [0.29, 0.717) is 0 Å². The first kappa shape index (κ1) is 19.5. The van der Waals surface area contributed by atoms with Gasteiger partial charge in [-0.25, -0.2) is 0 Å². The highest BCUT2D eigenvalue weighted by atomic mass is 14.3. The van der Waals surface area contributed by atoms with Gasteiger partial charge in [0.1, 0.15) is 0 Å². The maximum absolute atomic E-state index is 2.56. The lowest BCUT2D eigenvalue weighted by molar-refractivity contribution is 0.293. The number of rotatable bonds is 8. The second kappa shape index (κ2) is 11.7. The van der Waals surface area contributed by atoms with Crippen LogP contribution in [0.3, 0.4) is 0 Å². The predicted molar refractivity (Wildman–Crippen MR) is 108 cm³/mol.